The Balaban J connectivity index is 1.50. The van der Waals surface area contributed by atoms with Gasteiger partial charge in [-0.25, -0.2) is 4.98 Å². The minimum absolute atomic E-state index is 0.00532. The maximum atomic E-state index is 12.0. The number of hydrogen-bond acceptors (Lipinski definition) is 7. The molecular formula is C22H23ClN6O2S. The monoisotopic (exact) mass is 470 g/mol. The summed E-state index contributed by atoms with van der Waals surface area (Å²) >= 11 is 7.69. The molecule has 4 rings (SSSR count). The molecule has 1 atom stereocenters. The Labute approximate surface area is 195 Å². The molecule has 3 heterocycles. The van der Waals surface area contributed by atoms with Crippen molar-refractivity contribution in [2.75, 3.05) is 26.3 Å². The minimum Gasteiger partial charge on any atom is -0.379 e. The first-order valence-electron chi connectivity index (χ1n) is 10.3. The van der Waals surface area contributed by atoms with Gasteiger partial charge >= 0.3 is 0 Å². The van der Waals surface area contributed by atoms with Crippen LogP contribution in [0.15, 0.2) is 30.5 Å². The number of amides is 1. The molecule has 1 unspecified atom stereocenters. The van der Waals surface area contributed by atoms with E-state index in [2.05, 4.69) is 21.1 Å². The summed E-state index contributed by atoms with van der Waals surface area (Å²) in [4.78, 5) is 19.7. The number of nitriles is 1. The van der Waals surface area contributed by atoms with Crippen LogP contribution in [0.25, 0.3) is 11.3 Å². The molecule has 10 heteroatoms. The Hall–Kier alpha value is -2.77. The second-order valence-corrected chi connectivity index (χ2v) is 9.23. The molecule has 8 nitrogen and oxygen atoms in total. The van der Waals surface area contributed by atoms with Crippen LogP contribution in [-0.4, -0.2) is 51.9 Å². The Morgan fingerprint density at radius 1 is 1.38 bits per heavy atom. The van der Waals surface area contributed by atoms with Crippen molar-refractivity contribution in [2.24, 2.45) is 5.73 Å². The van der Waals surface area contributed by atoms with Gasteiger partial charge in [0.15, 0.2) is 0 Å². The molecule has 1 amide bonds. The van der Waals surface area contributed by atoms with E-state index in [1.165, 1.54) is 11.3 Å². The zero-order chi connectivity index (χ0) is 22.7. The van der Waals surface area contributed by atoms with Crippen LogP contribution in [0.1, 0.15) is 38.8 Å². The van der Waals surface area contributed by atoms with Gasteiger partial charge in [-0.3, -0.25) is 14.4 Å². The van der Waals surface area contributed by atoms with Gasteiger partial charge in [-0.2, -0.15) is 10.4 Å². The highest BCUT2D eigenvalue weighted by Crippen LogP contribution is 2.30. The number of rotatable bonds is 7. The van der Waals surface area contributed by atoms with Gasteiger partial charge < -0.3 is 10.5 Å². The highest BCUT2D eigenvalue weighted by Gasteiger charge is 2.23. The van der Waals surface area contributed by atoms with Crippen LogP contribution in [0.3, 0.4) is 0 Å². The lowest BCUT2D eigenvalue weighted by Gasteiger charge is -2.25. The first-order valence-corrected chi connectivity index (χ1v) is 11.5. The molecule has 2 N–H and O–H groups in total. The SMILES string of the molecule is CC(Cn1ccc(-c2ccc(C#N)c(Cl)c2)n1)c1sc(CN2CCOCC2)nc1C(N)=O. The zero-order valence-electron chi connectivity index (χ0n) is 17.6. The molecule has 0 spiro atoms. The number of halogens is 1. The van der Waals surface area contributed by atoms with Crippen LogP contribution in [0.5, 0.6) is 0 Å². The summed E-state index contributed by atoms with van der Waals surface area (Å²) in [5, 5.41) is 15.0. The van der Waals surface area contributed by atoms with Crippen molar-refractivity contribution in [1.29, 1.82) is 5.26 Å². The van der Waals surface area contributed by atoms with Gasteiger partial charge in [0.1, 0.15) is 16.8 Å². The topological polar surface area (TPSA) is 110 Å². The van der Waals surface area contributed by atoms with E-state index < -0.39 is 5.91 Å². The molecule has 166 valence electrons. The predicted molar refractivity (Wildman–Crippen MR) is 123 cm³/mol. The smallest absolute Gasteiger partial charge is 0.268 e. The van der Waals surface area contributed by atoms with Crippen LogP contribution < -0.4 is 5.73 Å². The van der Waals surface area contributed by atoms with E-state index in [4.69, 9.17) is 27.3 Å². The fraction of sp³-hybridized carbons (Fsp3) is 0.364. The third kappa shape index (κ3) is 5.00. The molecule has 0 bridgehead atoms. The number of ether oxygens (including phenoxy) is 1. The summed E-state index contributed by atoms with van der Waals surface area (Å²) < 4.78 is 7.23. The van der Waals surface area contributed by atoms with Crippen molar-refractivity contribution in [3.8, 4) is 17.3 Å². The molecule has 3 aromatic rings. The lowest BCUT2D eigenvalue weighted by atomic mass is 10.1. The summed E-state index contributed by atoms with van der Waals surface area (Å²) in [6, 6.07) is 9.21. The van der Waals surface area contributed by atoms with Crippen molar-refractivity contribution in [3.05, 3.63) is 56.6 Å². The number of aromatic nitrogens is 3. The van der Waals surface area contributed by atoms with E-state index in [0.717, 1.165) is 34.2 Å². The maximum absolute atomic E-state index is 12.0. The van der Waals surface area contributed by atoms with Gasteiger partial charge in [-0.05, 0) is 18.2 Å². The Morgan fingerprint density at radius 2 is 2.16 bits per heavy atom. The van der Waals surface area contributed by atoms with Gasteiger partial charge in [-0.15, -0.1) is 11.3 Å². The van der Waals surface area contributed by atoms with Crippen molar-refractivity contribution in [2.45, 2.75) is 25.9 Å². The standard InChI is InChI=1S/C22H23ClN6O2S/c1-14(12-29-5-4-18(27-29)15-2-3-16(11-24)17(23)10-15)21-20(22(25)30)26-19(32-21)13-28-6-8-31-9-7-28/h2-5,10,14H,6-9,12-13H2,1H3,(H2,25,30). The van der Waals surface area contributed by atoms with E-state index in [9.17, 15) is 4.79 Å². The summed E-state index contributed by atoms with van der Waals surface area (Å²) in [5.41, 5.74) is 8.00. The minimum atomic E-state index is -0.510. The summed E-state index contributed by atoms with van der Waals surface area (Å²) in [6.45, 7) is 6.43. The van der Waals surface area contributed by atoms with Crippen LogP contribution in [0, 0.1) is 11.3 Å². The zero-order valence-corrected chi connectivity index (χ0v) is 19.2. The first kappa shape index (κ1) is 22.4. The molecule has 2 aromatic heterocycles. The quantitative estimate of drug-likeness (QED) is 0.567. The summed E-state index contributed by atoms with van der Waals surface area (Å²) in [5.74, 6) is -0.504. The lowest BCUT2D eigenvalue weighted by Crippen LogP contribution is -2.35. The third-order valence-corrected chi connectivity index (χ3v) is 6.91. The van der Waals surface area contributed by atoms with Gasteiger partial charge in [0, 0.05) is 42.2 Å². The van der Waals surface area contributed by atoms with E-state index in [-0.39, 0.29) is 5.92 Å². The highest BCUT2D eigenvalue weighted by molar-refractivity contribution is 7.12. The number of carbonyl (C=O) groups excluding carboxylic acids is 1. The van der Waals surface area contributed by atoms with Gasteiger partial charge in [0.2, 0.25) is 0 Å². The van der Waals surface area contributed by atoms with Crippen LogP contribution in [0.2, 0.25) is 5.02 Å². The van der Waals surface area contributed by atoms with Crippen molar-refractivity contribution in [3.63, 3.8) is 0 Å². The van der Waals surface area contributed by atoms with E-state index in [1.54, 1.807) is 12.1 Å². The molecule has 1 aromatic carbocycles. The van der Waals surface area contributed by atoms with Crippen molar-refractivity contribution in [1.82, 2.24) is 19.7 Å². The Kier molecular flexibility index (Phi) is 6.86. The summed E-state index contributed by atoms with van der Waals surface area (Å²) in [7, 11) is 0. The number of primary amides is 1. The summed E-state index contributed by atoms with van der Waals surface area (Å²) in [6.07, 6.45) is 1.89. The van der Waals surface area contributed by atoms with Crippen LogP contribution in [-0.2, 0) is 17.8 Å². The van der Waals surface area contributed by atoms with Crippen LogP contribution >= 0.6 is 22.9 Å². The first-order chi connectivity index (χ1) is 15.4. The fourth-order valence-electron chi connectivity index (χ4n) is 3.65. The Bertz CT molecular complexity index is 1160. The number of benzene rings is 1. The lowest BCUT2D eigenvalue weighted by molar-refractivity contribution is 0.0341. The number of hydrogen-bond donors (Lipinski definition) is 1. The fourth-order valence-corrected chi connectivity index (χ4v) is 5.03. The van der Waals surface area contributed by atoms with Crippen LogP contribution in [0.4, 0.5) is 0 Å². The number of nitrogens with zero attached hydrogens (tertiary/aromatic N) is 5. The molecule has 0 saturated carbocycles. The average Bonchev–Trinajstić information content (AvgIpc) is 3.42. The number of thiazole rings is 1. The van der Waals surface area contributed by atoms with E-state index >= 15 is 0 Å². The molecular weight excluding hydrogens is 448 g/mol. The Morgan fingerprint density at radius 3 is 2.84 bits per heavy atom. The highest BCUT2D eigenvalue weighted by atomic mass is 35.5. The van der Waals surface area contributed by atoms with Crippen molar-refractivity contribution < 1.29 is 9.53 Å². The van der Waals surface area contributed by atoms with Gasteiger partial charge in [0.05, 0.1) is 36.0 Å². The molecule has 1 aliphatic rings. The molecule has 1 fully saturated rings. The molecule has 0 radical (unpaired) electrons. The number of morpholine rings is 1. The van der Waals surface area contributed by atoms with E-state index in [0.29, 0.717) is 42.6 Å². The second-order valence-electron chi connectivity index (χ2n) is 7.70. The number of carbonyl (C=O) groups is 1. The van der Waals surface area contributed by atoms with Crippen molar-refractivity contribution >= 4 is 28.8 Å². The largest absolute Gasteiger partial charge is 0.379 e. The normalized spacial score (nSPS) is 15.4. The maximum Gasteiger partial charge on any atom is 0.268 e. The van der Waals surface area contributed by atoms with E-state index in [1.807, 2.05) is 29.9 Å². The molecule has 32 heavy (non-hydrogen) atoms. The third-order valence-electron chi connectivity index (χ3n) is 5.33. The van der Waals surface area contributed by atoms with Gasteiger partial charge in [-0.1, -0.05) is 24.6 Å². The predicted octanol–water partition coefficient (Wildman–Crippen LogP) is 3.27. The average molecular weight is 471 g/mol. The second kappa shape index (κ2) is 9.79. The molecule has 1 aliphatic heterocycles. The number of nitrogens with two attached hydrogens (primary N) is 1. The molecule has 0 aliphatic carbocycles. The van der Waals surface area contributed by atoms with Gasteiger partial charge in [0.25, 0.3) is 5.91 Å². The molecule has 1 saturated heterocycles.